The van der Waals surface area contributed by atoms with Crippen LogP contribution in [0.4, 0.5) is 5.13 Å². The molecular formula is C13H16N4O2S. The first-order valence-corrected chi connectivity index (χ1v) is 7.02. The number of amides is 1. The minimum Gasteiger partial charge on any atom is -0.508 e. The van der Waals surface area contributed by atoms with Crippen LogP contribution in [0, 0.1) is 0 Å². The van der Waals surface area contributed by atoms with E-state index in [9.17, 15) is 9.90 Å². The number of nitrogen functional groups attached to an aromatic ring is 1. The van der Waals surface area contributed by atoms with Gasteiger partial charge < -0.3 is 16.2 Å². The summed E-state index contributed by atoms with van der Waals surface area (Å²) in [6.45, 7) is 2.32. The Balaban J connectivity index is 1.83. The molecule has 0 saturated carbocycles. The van der Waals surface area contributed by atoms with Gasteiger partial charge in [0.05, 0.1) is 5.92 Å². The minimum atomic E-state index is -0.268. The van der Waals surface area contributed by atoms with E-state index in [0.717, 1.165) is 10.6 Å². The molecule has 7 heteroatoms. The molecule has 106 valence electrons. The Labute approximate surface area is 120 Å². The summed E-state index contributed by atoms with van der Waals surface area (Å²) in [6.07, 6.45) is 0.614. The number of nitrogens with one attached hydrogen (secondary N) is 1. The van der Waals surface area contributed by atoms with Gasteiger partial charge in [-0.05, 0) is 24.6 Å². The Morgan fingerprint density at radius 3 is 2.70 bits per heavy atom. The first kappa shape index (κ1) is 14.3. The quantitative estimate of drug-likeness (QED) is 0.771. The number of aromatic hydroxyl groups is 1. The van der Waals surface area contributed by atoms with Crippen LogP contribution in [-0.2, 0) is 11.2 Å². The lowest BCUT2D eigenvalue weighted by molar-refractivity contribution is -0.122. The van der Waals surface area contributed by atoms with Crippen molar-refractivity contribution in [3.63, 3.8) is 0 Å². The van der Waals surface area contributed by atoms with E-state index < -0.39 is 0 Å². The molecule has 0 aliphatic carbocycles. The number of hydrogen-bond acceptors (Lipinski definition) is 6. The van der Waals surface area contributed by atoms with E-state index in [-0.39, 0.29) is 17.6 Å². The molecule has 0 unspecified atom stereocenters. The summed E-state index contributed by atoms with van der Waals surface area (Å²) in [6, 6.07) is 6.63. The summed E-state index contributed by atoms with van der Waals surface area (Å²) in [5, 5.41) is 20.9. The molecule has 2 aromatic rings. The van der Waals surface area contributed by atoms with E-state index in [1.54, 1.807) is 24.3 Å². The maximum atomic E-state index is 12.0. The number of carbonyl (C=O) groups is 1. The first-order valence-electron chi connectivity index (χ1n) is 6.21. The second kappa shape index (κ2) is 6.33. The Hall–Kier alpha value is -2.15. The molecule has 1 aromatic heterocycles. The van der Waals surface area contributed by atoms with Gasteiger partial charge in [-0.25, -0.2) is 0 Å². The Bertz CT molecular complexity index is 582. The van der Waals surface area contributed by atoms with E-state index in [4.69, 9.17) is 5.73 Å². The van der Waals surface area contributed by atoms with E-state index in [1.807, 2.05) is 6.92 Å². The molecule has 0 aliphatic rings. The summed E-state index contributed by atoms with van der Waals surface area (Å²) in [7, 11) is 0. The van der Waals surface area contributed by atoms with Crippen molar-refractivity contribution in [3.05, 3.63) is 34.8 Å². The Morgan fingerprint density at radius 1 is 1.40 bits per heavy atom. The van der Waals surface area contributed by atoms with Crippen molar-refractivity contribution >= 4 is 22.4 Å². The third-order valence-corrected chi connectivity index (χ3v) is 3.72. The van der Waals surface area contributed by atoms with Gasteiger partial charge in [0.2, 0.25) is 11.0 Å². The summed E-state index contributed by atoms with van der Waals surface area (Å²) in [4.78, 5) is 12.0. The lowest BCUT2D eigenvalue weighted by Gasteiger charge is -2.12. The van der Waals surface area contributed by atoms with Crippen molar-refractivity contribution in [2.45, 2.75) is 19.3 Å². The van der Waals surface area contributed by atoms with Gasteiger partial charge >= 0.3 is 0 Å². The number of rotatable bonds is 5. The summed E-state index contributed by atoms with van der Waals surface area (Å²) < 4.78 is 0. The number of hydrogen-bond donors (Lipinski definition) is 3. The predicted molar refractivity (Wildman–Crippen MR) is 77.6 cm³/mol. The maximum absolute atomic E-state index is 12.0. The van der Waals surface area contributed by atoms with Crippen LogP contribution >= 0.6 is 11.3 Å². The molecule has 1 heterocycles. The van der Waals surface area contributed by atoms with Crippen molar-refractivity contribution in [1.29, 1.82) is 0 Å². The molecule has 2 rings (SSSR count). The molecular weight excluding hydrogens is 276 g/mol. The maximum Gasteiger partial charge on any atom is 0.227 e. The second-order valence-corrected chi connectivity index (χ2v) is 5.48. The standard InChI is InChI=1S/C13H16N4O2S/c1-8(9-2-4-10(18)5-3-9)12(19)15-7-6-11-16-17-13(14)20-11/h2-5,8,18H,6-7H2,1H3,(H2,14,17)(H,15,19)/t8-/m1/s1. The van der Waals surface area contributed by atoms with Crippen molar-refractivity contribution in [2.24, 2.45) is 0 Å². The van der Waals surface area contributed by atoms with Gasteiger partial charge in [0.1, 0.15) is 10.8 Å². The number of aromatic nitrogens is 2. The topological polar surface area (TPSA) is 101 Å². The minimum absolute atomic E-state index is 0.0619. The highest BCUT2D eigenvalue weighted by atomic mass is 32.1. The number of benzene rings is 1. The lowest BCUT2D eigenvalue weighted by atomic mass is 10.0. The fourth-order valence-corrected chi connectivity index (χ4v) is 2.34. The van der Waals surface area contributed by atoms with Crippen LogP contribution in [0.3, 0.4) is 0 Å². The molecule has 0 radical (unpaired) electrons. The molecule has 0 saturated heterocycles. The SMILES string of the molecule is C[C@@H](C(=O)NCCc1nnc(N)s1)c1ccc(O)cc1. The molecule has 0 bridgehead atoms. The van der Waals surface area contributed by atoms with Gasteiger partial charge in [-0.15, -0.1) is 10.2 Å². The van der Waals surface area contributed by atoms with Gasteiger partial charge in [0, 0.05) is 13.0 Å². The van der Waals surface area contributed by atoms with Gasteiger partial charge in [0.25, 0.3) is 0 Å². The number of phenolic OH excluding ortho intramolecular Hbond substituents is 1. The predicted octanol–water partition coefficient (Wildman–Crippen LogP) is 1.29. The van der Waals surface area contributed by atoms with Gasteiger partial charge in [-0.1, -0.05) is 23.5 Å². The average molecular weight is 292 g/mol. The van der Waals surface area contributed by atoms with E-state index in [0.29, 0.717) is 18.1 Å². The fraction of sp³-hybridized carbons (Fsp3) is 0.308. The zero-order chi connectivity index (χ0) is 14.5. The zero-order valence-electron chi connectivity index (χ0n) is 11.0. The summed E-state index contributed by atoms with van der Waals surface area (Å²) in [5.41, 5.74) is 6.35. The van der Waals surface area contributed by atoms with Gasteiger partial charge in [-0.3, -0.25) is 4.79 Å². The number of nitrogens with two attached hydrogens (primary N) is 1. The number of phenols is 1. The van der Waals surface area contributed by atoms with Crippen molar-refractivity contribution in [3.8, 4) is 5.75 Å². The Morgan fingerprint density at radius 2 is 2.10 bits per heavy atom. The van der Waals surface area contributed by atoms with Crippen LogP contribution in [0.5, 0.6) is 5.75 Å². The van der Waals surface area contributed by atoms with E-state index >= 15 is 0 Å². The first-order chi connectivity index (χ1) is 9.56. The normalized spacial score (nSPS) is 12.1. The molecule has 1 atom stereocenters. The van der Waals surface area contributed by atoms with E-state index in [2.05, 4.69) is 15.5 Å². The van der Waals surface area contributed by atoms with Gasteiger partial charge in [-0.2, -0.15) is 0 Å². The van der Waals surface area contributed by atoms with Crippen LogP contribution in [0.1, 0.15) is 23.4 Å². The molecule has 20 heavy (non-hydrogen) atoms. The third kappa shape index (κ3) is 3.67. The zero-order valence-corrected chi connectivity index (χ0v) is 11.9. The Kier molecular flexibility index (Phi) is 4.52. The number of anilines is 1. The molecule has 0 fully saturated rings. The fourth-order valence-electron chi connectivity index (χ4n) is 1.73. The molecule has 1 amide bonds. The smallest absolute Gasteiger partial charge is 0.227 e. The largest absolute Gasteiger partial charge is 0.508 e. The molecule has 1 aromatic carbocycles. The van der Waals surface area contributed by atoms with Crippen molar-refractivity contribution in [1.82, 2.24) is 15.5 Å². The monoisotopic (exact) mass is 292 g/mol. The third-order valence-electron chi connectivity index (χ3n) is 2.91. The van der Waals surface area contributed by atoms with Crippen LogP contribution in [0.2, 0.25) is 0 Å². The van der Waals surface area contributed by atoms with Crippen molar-refractivity contribution in [2.75, 3.05) is 12.3 Å². The highest BCUT2D eigenvalue weighted by Crippen LogP contribution is 2.18. The number of carbonyl (C=O) groups excluding carboxylic acids is 1. The van der Waals surface area contributed by atoms with Crippen LogP contribution < -0.4 is 11.1 Å². The summed E-state index contributed by atoms with van der Waals surface area (Å²) >= 11 is 1.32. The van der Waals surface area contributed by atoms with Crippen LogP contribution in [0.15, 0.2) is 24.3 Å². The van der Waals surface area contributed by atoms with Crippen LogP contribution in [-0.4, -0.2) is 27.8 Å². The highest BCUT2D eigenvalue weighted by molar-refractivity contribution is 7.15. The summed E-state index contributed by atoms with van der Waals surface area (Å²) in [5.74, 6) is -0.140. The van der Waals surface area contributed by atoms with E-state index in [1.165, 1.54) is 11.3 Å². The molecule has 6 nitrogen and oxygen atoms in total. The molecule has 0 aliphatic heterocycles. The molecule has 0 spiro atoms. The van der Waals surface area contributed by atoms with Gasteiger partial charge in [0.15, 0.2) is 0 Å². The van der Waals surface area contributed by atoms with Crippen LogP contribution in [0.25, 0.3) is 0 Å². The molecule has 4 N–H and O–H groups in total. The average Bonchev–Trinajstić information content (AvgIpc) is 2.84. The highest BCUT2D eigenvalue weighted by Gasteiger charge is 2.14. The second-order valence-electron chi connectivity index (χ2n) is 4.39. The lowest BCUT2D eigenvalue weighted by Crippen LogP contribution is -2.29. The number of nitrogens with zero attached hydrogens (tertiary/aromatic N) is 2. The van der Waals surface area contributed by atoms with Crippen molar-refractivity contribution < 1.29 is 9.90 Å².